The number of benzene rings is 4. The fourth-order valence-corrected chi connectivity index (χ4v) is 10.6. The molecule has 0 aliphatic carbocycles. The Morgan fingerprint density at radius 1 is 0.571 bits per heavy atom. The number of hydrogen-bond donors (Lipinski definition) is 0. The molecule has 0 aromatic heterocycles. The van der Waals surface area contributed by atoms with Crippen LogP contribution >= 0.6 is 18.0 Å². The van der Waals surface area contributed by atoms with Gasteiger partial charge in [0.2, 0.25) is 0 Å². The average Bonchev–Trinajstić information content (AvgIpc) is 2.76. The molecule has 4 aromatic carbocycles. The third-order valence-electron chi connectivity index (χ3n) is 4.71. The molecule has 0 saturated heterocycles. The van der Waals surface area contributed by atoms with Crippen LogP contribution in [0.1, 0.15) is 5.56 Å². The van der Waals surface area contributed by atoms with E-state index in [0.29, 0.717) is 0 Å². The zero-order valence-corrected chi connectivity index (χ0v) is 18.0. The van der Waals surface area contributed by atoms with Crippen LogP contribution in [0.3, 0.4) is 0 Å². The zero-order chi connectivity index (χ0) is 19.4. The third-order valence-corrected chi connectivity index (χ3v) is 13.3. The van der Waals surface area contributed by atoms with Crippen LogP contribution in [0.2, 0.25) is 0 Å². The van der Waals surface area contributed by atoms with Crippen LogP contribution < -0.4 is 4.74 Å². The van der Waals surface area contributed by atoms with Crippen LogP contribution in [0.4, 0.5) is 0 Å². The predicted molar refractivity (Wildman–Crippen MR) is 128 cm³/mol. The van der Waals surface area contributed by atoms with Gasteiger partial charge in [-0.3, -0.25) is 0 Å². The summed E-state index contributed by atoms with van der Waals surface area (Å²) in [4.78, 5) is 0. The van der Waals surface area contributed by atoms with Crippen LogP contribution in [0.25, 0.3) is 0 Å². The molecular weight excluding hydrogens is 455 g/mol. The molecule has 140 valence electrons. The fraction of sp³-hybridized carbons (Fsp3) is 0.0385. The molecule has 4 aromatic rings. The molecule has 4 rings (SSSR count). The molecule has 0 spiro atoms. The molecule has 2 heteroatoms. The molecule has 1 nitrogen and oxygen atoms in total. The standard InChI is InChI=1S/C26H23IO/c1-21-13-9-11-19-25(21)28-26-20-12-10-18-24(26)27(2,22-14-5-3-6-15-22)23-16-7-4-8-17-23/h3-20H,2H2,1H3. The van der Waals surface area contributed by atoms with Gasteiger partial charge in [-0.15, -0.1) is 0 Å². The molecule has 0 bridgehead atoms. The minimum atomic E-state index is -3.03. The van der Waals surface area contributed by atoms with E-state index >= 15 is 0 Å². The molecule has 0 N–H and O–H groups in total. The van der Waals surface area contributed by atoms with Crippen molar-refractivity contribution in [1.82, 2.24) is 0 Å². The average molecular weight is 478 g/mol. The Hall–Kier alpha value is -2.72. The summed E-state index contributed by atoms with van der Waals surface area (Å²) in [6, 6.07) is 37.9. The zero-order valence-electron chi connectivity index (χ0n) is 15.9. The van der Waals surface area contributed by atoms with Gasteiger partial charge in [-0.25, -0.2) is 0 Å². The first-order valence-electron chi connectivity index (χ1n) is 9.22. The number of ether oxygens (including phenoxy) is 1. The van der Waals surface area contributed by atoms with Crippen molar-refractivity contribution >= 4 is 22.5 Å². The Bertz CT molecular complexity index is 1070. The first-order chi connectivity index (χ1) is 13.7. The fourth-order valence-electron chi connectivity index (χ4n) is 3.20. The van der Waals surface area contributed by atoms with E-state index < -0.39 is 18.0 Å². The Kier molecular flexibility index (Phi) is 5.40. The van der Waals surface area contributed by atoms with Crippen LogP contribution in [-0.4, -0.2) is 4.51 Å². The number of halogens is 1. The van der Waals surface area contributed by atoms with Crippen molar-refractivity contribution in [3.63, 3.8) is 0 Å². The van der Waals surface area contributed by atoms with Gasteiger partial charge >= 0.3 is 171 Å². The van der Waals surface area contributed by atoms with E-state index in [2.05, 4.69) is 91.9 Å². The van der Waals surface area contributed by atoms with Crippen LogP contribution in [0.5, 0.6) is 11.5 Å². The molecule has 0 aliphatic rings. The van der Waals surface area contributed by atoms with E-state index in [1.165, 1.54) is 10.7 Å². The van der Waals surface area contributed by atoms with E-state index in [-0.39, 0.29) is 0 Å². The Balaban J connectivity index is 1.92. The topological polar surface area (TPSA) is 9.23 Å². The second-order valence-corrected chi connectivity index (χ2v) is 14.1. The second kappa shape index (κ2) is 8.11. The Morgan fingerprint density at radius 2 is 1.04 bits per heavy atom. The minimum absolute atomic E-state index is 0.888. The van der Waals surface area contributed by atoms with Gasteiger partial charge in [0.1, 0.15) is 0 Å². The summed E-state index contributed by atoms with van der Waals surface area (Å²) in [5.74, 6) is 1.79. The third kappa shape index (κ3) is 3.52. The van der Waals surface area contributed by atoms with Crippen molar-refractivity contribution in [2.75, 3.05) is 0 Å². The quantitative estimate of drug-likeness (QED) is 0.277. The molecule has 28 heavy (non-hydrogen) atoms. The molecular formula is C26H23IO. The monoisotopic (exact) mass is 478 g/mol. The summed E-state index contributed by atoms with van der Waals surface area (Å²) in [5, 5.41) is 0. The van der Waals surface area contributed by atoms with Crippen molar-refractivity contribution in [1.29, 1.82) is 0 Å². The predicted octanol–water partition coefficient (Wildman–Crippen LogP) is 7.17. The first kappa shape index (κ1) is 18.6. The summed E-state index contributed by atoms with van der Waals surface area (Å²) in [6.45, 7) is 2.07. The van der Waals surface area contributed by atoms with Gasteiger partial charge in [0.15, 0.2) is 0 Å². The van der Waals surface area contributed by atoms with Gasteiger partial charge < -0.3 is 0 Å². The number of para-hydroxylation sites is 2. The molecule has 0 amide bonds. The van der Waals surface area contributed by atoms with E-state index in [9.17, 15) is 0 Å². The van der Waals surface area contributed by atoms with Gasteiger partial charge in [0.05, 0.1) is 0 Å². The number of aryl methyl sites for hydroxylation is 1. The maximum absolute atomic E-state index is 6.43. The van der Waals surface area contributed by atoms with Crippen molar-refractivity contribution in [3.05, 3.63) is 125 Å². The van der Waals surface area contributed by atoms with Gasteiger partial charge in [-0.1, -0.05) is 0 Å². The molecule has 0 aliphatic heterocycles. The summed E-state index contributed by atoms with van der Waals surface area (Å²) < 4.78 is 15.2. The second-order valence-electron chi connectivity index (χ2n) is 6.57. The van der Waals surface area contributed by atoms with E-state index in [4.69, 9.17) is 9.25 Å². The van der Waals surface area contributed by atoms with Crippen molar-refractivity contribution in [2.24, 2.45) is 0 Å². The van der Waals surface area contributed by atoms with Crippen molar-refractivity contribution < 1.29 is 4.74 Å². The van der Waals surface area contributed by atoms with Crippen molar-refractivity contribution in [2.45, 2.75) is 6.92 Å². The Labute approximate surface area is 170 Å². The van der Waals surface area contributed by atoms with Gasteiger partial charge in [0, 0.05) is 0 Å². The SMILES string of the molecule is C=I(c1ccccc1)(c1ccccc1)c1ccccc1Oc1ccccc1C. The molecule has 0 saturated carbocycles. The first-order valence-corrected chi connectivity index (χ1v) is 14.0. The summed E-state index contributed by atoms with van der Waals surface area (Å²) in [6.07, 6.45) is 0. The van der Waals surface area contributed by atoms with Crippen LogP contribution in [0, 0.1) is 17.6 Å². The summed E-state index contributed by atoms with van der Waals surface area (Å²) in [7, 11) is 0. The van der Waals surface area contributed by atoms with Crippen LogP contribution in [-0.2, 0) is 0 Å². The molecule has 0 fully saturated rings. The molecule has 0 unspecified atom stereocenters. The van der Waals surface area contributed by atoms with E-state index in [0.717, 1.165) is 17.1 Å². The molecule has 0 atom stereocenters. The normalized spacial score (nSPS) is 11.8. The van der Waals surface area contributed by atoms with E-state index in [1.807, 2.05) is 24.3 Å². The van der Waals surface area contributed by atoms with E-state index in [1.54, 1.807) is 0 Å². The maximum atomic E-state index is 6.43. The number of hydrogen-bond acceptors (Lipinski definition) is 1. The van der Waals surface area contributed by atoms with Crippen molar-refractivity contribution in [3.8, 4) is 11.5 Å². The van der Waals surface area contributed by atoms with Gasteiger partial charge in [-0.05, 0) is 0 Å². The molecule has 0 heterocycles. The summed E-state index contributed by atoms with van der Waals surface area (Å²) in [5.41, 5.74) is 1.12. The van der Waals surface area contributed by atoms with Gasteiger partial charge in [0.25, 0.3) is 0 Å². The Morgan fingerprint density at radius 3 is 1.61 bits per heavy atom. The van der Waals surface area contributed by atoms with Gasteiger partial charge in [-0.2, -0.15) is 0 Å². The summed E-state index contributed by atoms with van der Waals surface area (Å²) >= 11 is -3.03. The van der Waals surface area contributed by atoms with Crippen LogP contribution in [0.15, 0.2) is 109 Å². The molecule has 0 radical (unpaired) electrons. The number of rotatable bonds is 5.